The minimum Gasteiger partial charge on any atom is -0.339 e. The second-order valence-electron chi connectivity index (χ2n) is 4.96. The number of benzene rings is 1. The Kier molecular flexibility index (Phi) is 4.83. The highest BCUT2D eigenvalue weighted by Crippen LogP contribution is 2.22. The molecule has 0 unspecified atom stereocenters. The van der Waals surface area contributed by atoms with Crippen molar-refractivity contribution in [3.8, 4) is 10.7 Å². The zero-order chi connectivity index (χ0) is 16.1. The van der Waals surface area contributed by atoms with Gasteiger partial charge in [0.1, 0.15) is 0 Å². The molecule has 3 aromatic rings. The highest BCUT2D eigenvalue weighted by atomic mass is 32.1. The van der Waals surface area contributed by atoms with Crippen molar-refractivity contribution in [3.63, 3.8) is 0 Å². The molecule has 0 saturated carbocycles. The topological polar surface area (TPSA) is 59.2 Å². The Morgan fingerprint density at radius 3 is 2.74 bits per heavy atom. The van der Waals surface area contributed by atoms with Gasteiger partial charge in [-0.15, -0.1) is 11.3 Å². The lowest BCUT2D eigenvalue weighted by molar-refractivity contribution is -0.118. The van der Waals surface area contributed by atoms with E-state index in [1.54, 1.807) is 16.2 Å². The van der Waals surface area contributed by atoms with E-state index in [0.29, 0.717) is 31.1 Å². The van der Waals surface area contributed by atoms with Crippen LogP contribution in [0.25, 0.3) is 10.7 Å². The summed E-state index contributed by atoms with van der Waals surface area (Å²) in [6, 6.07) is 13.5. The first-order valence-electron chi connectivity index (χ1n) is 7.50. The van der Waals surface area contributed by atoms with E-state index in [-0.39, 0.29) is 5.91 Å². The van der Waals surface area contributed by atoms with Crippen LogP contribution in [-0.2, 0) is 11.2 Å². The summed E-state index contributed by atoms with van der Waals surface area (Å²) < 4.78 is 5.23. The summed E-state index contributed by atoms with van der Waals surface area (Å²) in [6.45, 7) is 2.60. The average Bonchev–Trinajstić information content (AvgIpc) is 3.26. The molecule has 1 aromatic carbocycles. The van der Waals surface area contributed by atoms with Crippen LogP contribution in [-0.4, -0.2) is 22.6 Å². The molecule has 0 aliphatic carbocycles. The number of thiophene rings is 1. The van der Waals surface area contributed by atoms with Gasteiger partial charge < -0.3 is 9.42 Å². The van der Waals surface area contributed by atoms with Gasteiger partial charge in [-0.25, -0.2) is 0 Å². The van der Waals surface area contributed by atoms with Crippen LogP contribution in [0.15, 0.2) is 52.4 Å². The number of hydrogen-bond acceptors (Lipinski definition) is 5. The van der Waals surface area contributed by atoms with E-state index in [1.165, 1.54) is 0 Å². The maximum Gasteiger partial charge on any atom is 0.227 e. The van der Waals surface area contributed by atoms with Gasteiger partial charge in [0.25, 0.3) is 0 Å². The zero-order valence-corrected chi connectivity index (χ0v) is 13.6. The maximum atomic E-state index is 12.4. The minimum atomic E-state index is 0.0505. The van der Waals surface area contributed by atoms with Crippen LogP contribution in [0.5, 0.6) is 0 Å². The Morgan fingerprint density at radius 2 is 2.04 bits per heavy atom. The van der Waals surface area contributed by atoms with Crippen LogP contribution in [0.3, 0.4) is 0 Å². The fraction of sp³-hybridized carbons (Fsp3) is 0.235. The second-order valence-corrected chi connectivity index (χ2v) is 5.91. The van der Waals surface area contributed by atoms with Gasteiger partial charge in [-0.3, -0.25) is 4.79 Å². The molecule has 1 amide bonds. The van der Waals surface area contributed by atoms with Crippen molar-refractivity contribution in [2.45, 2.75) is 19.8 Å². The third-order valence-corrected chi connectivity index (χ3v) is 4.31. The Bertz CT molecular complexity index is 753. The number of hydrogen-bond donors (Lipinski definition) is 0. The molecule has 3 rings (SSSR count). The highest BCUT2D eigenvalue weighted by Gasteiger charge is 2.16. The molecule has 6 heteroatoms. The molecule has 0 aliphatic heterocycles. The molecular weight excluding hydrogens is 310 g/mol. The van der Waals surface area contributed by atoms with Gasteiger partial charge in [-0.2, -0.15) is 4.98 Å². The molecule has 0 spiro atoms. The van der Waals surface area contributed by atoms with E-state index in [2.05, 4.69) is 10.1 Å². The molecule has 23 heavy (non-hydrogen) atoms. The number of aryl methyl sites for hydroxylation is 1. The summed E-state index contributed by atoms with van der Waals surface area (Å²) >= 11 is 1.56. The Morgan fingerprint density at radius 1 is 1.22 bits per heavy atom. The molecule has 0 saturated heterocycles. The Hall–Kier alpha value is -2.47. The minimum absolute atomic E-state index is 0.0505. The number of amides is 1. The smallest absolute Gasteiger partial charge is 0.227 e. The Labute approximate surface area is 138 Å². The van der Waals surface area contributed by atoms with Gasteiger partial charge >= 0.3 is 0 Å². The zero-order valence-electron chi connectivity index (χ0n) is 12.8. The summed E-state index contributed by atoms with van der Waals surface area (Å²) in [7, 11) is 0. The number of carbonyl (C=O) groups is 1. The first-order valence-corrected chi connectivity index (χ1v) is 8.37. The van der Waals surface area contributed by atoms with E-state index in [4.69, 9.17) is 4.52 Å². The SMILES string of the molecule is CCN(C(=O)CCc1nc(-c2cccs2)no1)c1ccccc1. The van der Waals surface area contributed by atoms with Gasteiger partial charge in [0.15, 0.2) is 0 Å². The molecule has 5 nitrogen and oxygen atoms in total. The lowest BCUT2D eigenvalue weighted by atomic mass is 10.2. The molecule has 0 bridgehead atoms. The molecule has 0 aliphatic rings. The van der Waals surface area contributed by atoms with Crippen molar-refractivity contribution in [2.75, 3.05) is 11.4 Å². The third kappa shape index (κ3) is 3.65. The van der Waals surface area contributed by atoms with Crippen molar-refractivity contribution in [3.05, 3.63) is 53.7 Å². The molecule has 2 heterocycles. The van der Waals surface area contributed by atoms with E-state index >= 15 is 0 Å². The lowest BCUT2D eigenvalue weighted by Gasteiger charge is -2.20. The number of rotatable bonds is 6. The van der Waals surface area contributed by atoms with Gasteiger partial charge in [0.2, 0.25) is 17.6 Å². The van der Waals surface area contributed by atoms with Crippen molar-refractivity contribution >= 4 is 22.9 Å². The first kappa shape index (κ1) is 15.4. The van der Waals surface area contributed by atoms with Crippen molar-refractivity contribution in [1.29, 1.82) is 0 Å². The summed E-state index contributed by atoms with van der Waals surface area (Å²) in [5.41, 5.74) is 0.907. The number of carbonyl (C=O) groups excluding carboxylic acids is 1. The van der Waals surface area contributed by atoms with Crippen molar-refractivity contribution in [2.24, 2.45) is 0 Å². The quantitative estimate of drug-likeness (QED) is 0.691. The van der Waals surface area contributed by atoms with E-state index < -0.39 is 0 Å². The fourth-order valence-corrected chi connectivity index (χ4v) is 2.97. The lowest BCUT2D eigenvalue weighted by Crippen LogP contribution is -2.30. The summed E-state index contributed by atoms with van der Waals surface area (Å²) in [5, 5.41) is 5.93. The Balaban J connectivity index is 1.62. The van der Waals surface area contributed by atoms with Crippen LogP contribution in [0.4, 0.5) is 5.69 Å². The molecular formula is C17H17N3O2S. The predicted octanol–water partition coefficient (Wildman–Crippen LogP) is 3.78. The number of aromatic nitrogens is 2. The normalized spacial score (nSPS) is 10.7. The first-order chi connectivity index (χ1) is 11.3. The maximum absolute atomic E-state index is 12.4. The van der Waals surface area contributed by atoms with Crippen molar-refractivity contribution < 1.29 is 9.32 Å². The summed E-state index contributed by atoms with van der Waals surface area (Å²) in [4.78, 5) is 19.5. The van der Waals surface area contributed by atoms with Gasteiger partial charge in [0.05, 0.1) is 4.88 Å². The van der Waals surface area contributed by atoms with Crippen molar-refractivity contribution in [1.82, 2.24) is 10.1 Å². The van der Waals surface area contributed by atoms with E-state index in [9.17, 15) is 4.79 Å². The second kappa shape index (κ2) is 7.19. The molecule has 0 fully saturated rings. The van der Waals surface area contributed by atoms with Gasteiger partial charge in [-0.05, 0) is 30.5 Å². The van der Waals surface area contributed by atoms with Crippen LogP contribution in [0.2, 0.25) is 0 Å². The molecule has 118 valence electrons. The molecule has 0 radical (unpaired) electrons. The molecule has 2 aromatic heterocycles. The third-order valence-electron chi connectivity index (χ3n) is 3.45. The van der Waals surface area contributed by atoms with Crippen LogP contribution >= 0.6 is 11.3 Å². The predicted molar refractivity (Wildman–Crippen MR) is 90.4 cm³/mol. The van der Waals surface area contributed by atoms with Crippen LogP contribution in [0.1, 0.15) is 19.2 Å². The van der Waals surface area contributed by atoms with E-state index in [1.807, 2.05) is 54.8 Å². The highest BCUT2D eigenvalue weighted by molar-refractivity contribution is 7.13. The standard InChI is InChI=1S/C17H17N3O2S/c1-2-20(13-7-4-3-5-8-13)16(21)11-10-15-18-17(19-22-15)14-9-6-12-23-14/h3-9,12H,2,10-11H2,1H3. The summed E-state index contributed by atoms with van der Waals surface area (Å²) in [5.74, 6) is 1.12. The van der Waals surface area contributed by atoms with Gasteiger partial charge in [-0.1, -0.05) is 29.4 Å². The molecule has 0 N–H and O–H groups in total. The number of nitrogens with zero attached hydrogens (tertiary/aromatic N) is 3. The van der Waals surface area contributed by atoms with E-state index in [0.717, 1.165) is 10.6 Å². The largest absolute Gasteiger partial charge is 0.339 e. The number of para-hydroxylation sites is 1. The van der Waals surface area contributed by atoms with Gasteiger partial charge in [0, 0.05) is 25.1 Å². The fourth-order valence-electron chi connectivity index (χ4n) is 2.32. The average molecular weight is 327 g/mol. The molecule has 0 atom stereocenters. The monoisotopic (exact) mass is 327 g/mol. The van der Waals surface area contributed by atoms with Crippen LogP contribution in [0, 0.1) is 0 Å². The van der Waals surface area contributed by atoms with Crippen LogP contribution < -0.4 is 4.90 Å². The number of anilines is 1. The summed E-state index contributed by atoms with van der Waals surface area (Å²) in [6.07, 6.45) is 0.787.